The Labute approximate surface area is 180 Å². The van der Waals surface area contributed by atoms with Gasteiger partial charge in [-0.25, -0.2) is 9.37 Å². The monoisotopic (exact) mass is 466 g/mol. The van der Waals surface area contributed by atoms with Gasteiger partial charge in [0.25, 0.3) is 5.91 Å². The largest absolute Gasteiger partial charge is 0.497 e. The lowest BCUT2D eigenvalue weighted by molar-refractivity contribution is 0.102. The van der Waals surface area contributed by atoms with Crippen molar-refractivity contribution in [3.05, 3.63) is 88.8 Å². The number of carbonyl (C=O) groups is 1. The Morgan fingerprint density at radius 3 is 2.60 bits per heavy atom. The number of amides is 1. The van der Waals surface area contributed by atoms with Crippen molar-refractivity contribution in [2.75, 3.05) is 12.4 Å². The van der Waals surface area contributed by atoms with Gasteiger partial charge in [0.05, 0.1) is 24.6 Å². The third kappa shape index (κ3) is 4.11. The lowest BCUT2D eigenvalue weighted by atomic mass is 10.1. The summed E-state index contributed by atoms with van der Waals surface area (Å²) in [6.45, 7) is 0. The molecule has 1 heterocycles. The lowest BCUT2D eigenvalue weighted by Gasteiger charge is -2.09. The second-order valence-corrected chi connectivity index (χ2v) is 7.30. The minimum Gasteiger partial charge on any atom is -0.497 e. The molecule has 0 aliphatic rings. The summed E-state index contributed by atoms with van der Waals surface area (Å²) in [6.07, 6.45) is 1.60. The van der Waals surface area contributed by atoms with Gasteiger partial charge in [-0.3, -0.25) is 4.79 Å². The molecule has 1 aromatic heterocycles. The number of hydrogen-bond donors (Lipinski definition) is 1. The van der Waals surface area contributed by atoms with E-state index in [4.69, 9.17) is 9.15 Å². The van der Waals surface area contributed by atoms with Gasteiger partial charge in [-0.05, 0) is 54.6 Å². The van der Waals surface area contributed by atoms with Gasteiger partial charge in [-0.1, -0.05) is 28.1 Å². The van der Waals surface area contributed by atoms with Crippen molar-refractivity contribution in [1.82, 2.24) is 4.98 Å². The van der Waals surface area contributed by atoms with Crippen molar-refractivity contribution in [1.29, 1.82) is 0 Å². The number of benzene rings is 3. The Morgan fingerprint density at radius 2 is 1.87 bits per heavy atom. The zero-order valence-electron chi connectivity index (χ0n) is 15.9. The average Bonchev–Trinajstić information content (AvgIpc) is 3.26. The lowest BCUT2D eigenvalue weighted by Crippen LogP contribution is -2.14. The normalized spacial score (nSPS) is 10.6. The fourth-order valence-corrected chi connectivity index (χ4v) is 3.27. The fourth-order valence-electron chi connectivity index (χ4n) is 2.94. The average molecular weight is 467 g/mol. The van der Waals surface area contributed by atoms with Crippen molar-refractivity contribution in [3.63, 3.8) is 0 Å². The molecule has 30 heavy (non-hydrogen) atoms. The van der Waals surface area contributed by atoms with Crippen LogP contribution in [0.3, 0.4) is 0 Å². The third-order valence-electron chi connectivity index (χ3n) is 4.46. The topological polar surface area (TPSA) is 64.4 Å². The van der Waals surface area contributed by atoms with Crippen LogP contribution in [0, 0.1) is 5.82 Å². The smallest absolute Gasteiger partial charge is 0.256 e. The first-order valence-electron chi connectivity index (χ1n) is 9.01. The second-order valence-electron chi connectivity index (χ2n) is 6.38. The summed E-state index contributed by atoms with van der Waals surface area (Å²) in [5, 5.41) is 2.60. The van der Waals surface area contributed by atoms with E-state index >= 15 is 0 Å². The van der Waals surface area contributed by atoms with E-state index in [9.17, 15) is 9.18 Å². The van der Waals surface area contributed by atoms with Gasteiger partial charge in [0.15, 0.2) is 5.76 Å². The first kappa shape index (κ1) is 19.8. The molecule has 0 fully saturated rings. The fraction of sp³-hybridized carbons (Fsp3) is 0.0435. The maximum absolute atomic E-state index is 14.1. The van der Waals surface area contributed by atoms with Gasteiger partial charge >= 0.3 is 0 Å². The molecule has 1 N–H and O–H groups in total. The predicted molar refractivity (Wildman–Crippen MR) is 116 cm³/mol. The standard InChI is InChI=1S/C23H16BrFN2O3/c1-29-16-9-6-14(7-10-16)21-13-26-23(30-21)18-5-3-2-4-17(18)22(28)27-20-11-8-15(24)12-19(20)25/h2-13H,1H3,(H,27,28). The molecule has 150 valence electrons. The van der Waals surface area contributed by atoms with Crippen molar-refractivity contribution in [2.45, 2.75) is 0 Å². The Kier molecular flexibility index (Phi) is 5.63. The van der Waals surface area contributed by atoms with Crippen LogP contribution in [0.1, 0.15) is 10.4 Å². The number of carbonyl (C=O) groups excluding carboxylic acids is 1. The SMILES string of the molecule is COc1ccc(-c2cnc(-c3ccccc3C(=O)Nc3ccc(Br)cc3F)o2)cc1. The molecule has 4 rings (SSSR count). The number of methoxy groups -OCH3 is 1. The third-order valence-corrected chi connectivity index (χ3v) is 4.95. The summed E-state index contributed by atoms with van der Waals surface area (Å²) < 4.78 is 25.8. The number of nitrogens with zero attached hydrogens (tertiary/aromatic N) is 1. The molecule has 7 heteroatoms. The van der Waals surface area contributed by atoms with E-state index in [-0.39, 0.29) is 5.69 Å². The minimum atomic E-state index is -0.534. The number of oxazole rings is 1. The number of ether oxygens (including phenoxy) is 1. The summed E-state index contributed by atoms with van der Waals surface area (Å²) in [6, 6.07) is 18.7. The molecule has 1 amide bonds. The summed E-state index contributed by atoms with van der Waals surface area (Å²) in [7, 11) is 1.60. The van der Waals surface area contributed by atoms with Gasteiger partial charge in [0.2, 0.25) is 5.89 Å². The molecule has 0 bridgehead atoms. The molecule has 0 unspecified atom stereocenters. The van der Waals surface area contributed by atoms with Crippen LogP contribution in [-0.2, 0) is 0 Å². The molecule has 0 spiro atoms. The highest BCUT2D eigenvalue weighted by atomic mass is 79.9. The summed E-state index contributed by atoms with van der Waals surface area (Å²) in [5.74, 6) is 0.592. The second kappa shape index (κ2) is 8.51. The van der Waals surface area contributed by atoms with E-state index < -0.39 is 11.7 Å². The number of aromatic nitrogens is 1. The Bertz CT molecular complexity index is 1210. The van der Waals surface area contributed by atoms with Crippen LogP contribution in [0.15, 0.2) is 81.8 Å². The molecule has 0 aliphatic carbocycles. The summed E-state index contributed by atoms with van der Waals surface area (Å²) in [4.78, 5) is 17.1. The van der Waals surface area contributed by atoms with Crippen LogP contribution < -0.4 is 10.1 Å². The molecule has 0 aliphatic heterocycles. The van der Waals surface area contributed by atoms with Gasteiger partial charge < -0.3 is 14.5 Å². The number of hydrogen-bond acceptors (Lipinski definition) is 4. The van der Waals surface area contributed by atoms with E-state index in [1.807, 2.05) is 24.3 Å². The molecular formula is C23H16BrFN2O3. The van der Waals surface area contributed by atoms with Crippen LogP contribution in [0.2, 0.25) is 0 Å². The first-order chi connectivity index (χ1) is 14.5. The first-order valence-corrected chi connectivity index (χ1v) is 9.80. The van der Waals surface area contributed by atoms with E-state index in [0.717, 1.165) is 11.3 Å². The predicted octanol–water partition coefficient (Wildman–Crippen LogP) is 6.17. The van der Waals surface area contributed by atoms with E-state index in [2.05, 4.69) is 26.2 Å². The molecule has 0 radical (unpaired) electrons. The van der Waals surface area contributed by atoms with E-state index in [0.29, 0.717) is 27.3 Å². The highest BCUT2D eigenvalue weighted by molar-refractivity contribution is 9.10. The van der Waals surface area contributed by atoms with Crippen LogP contribution in [0.5, 0.6) is 5.75 Å². The number of halogens is 2. The highest BCUT2D eigenvalue weighted by Gasteiger charge is 2.18. The summed E-state index contributed by atoms with van der Waals surface area (Å²) in [5.41, 5.74) is 1.74. The van der Waals surface area contributed by atoms with Crippen LogP contribution in [0.4, 0.5) is 10.1 Å². The van der Waals surface area contributed by atoms with Crippen LogP contribution in [0.25, 0.3) is 22.8 Å². The van der Waals surface area contributed by atoms with Gasteiger partial charge in [0, 0.05) is 15.6 Å². The highest BCUT2D eigenvalue weighted by Crippen LogP contribution is 2.30. The molecule has 5 nitrogen and oxygen atoms in total. The minimum absolute atomic E-state index is 0.0873. The van der Waals surface area contributed by atoms with Gasteiger partial charge in [0.1, 0.15) is 11.6 Å². The Morgan fingerprint density at radius 1 is 1.10 bits per heavy atom. The zero-order valence-corrected chi connectivity index (χ0v) is 17.4. The number of anilines is 1. The molecule has 0 saturated heterocycles. The van der Waals surface area contributed by atoms with Crippen molar-refractivity contribution < 1.29 is 18.3 Å². The molecular weight excluding hydrogens is 451 g/mol. The van der Waals surface area contributed by atoms with E-state index in [1.165, 1.54) is 12.1 Å². The Balaban J connectivity index is 1.63. The van der Waals surface area contributed by atoms with Crippen molar-refractivity contribution in [2.24, 2.45) is 0 Å². The van der Waals surface area contributed by atoms with Crippen molar-refractivity contribution in [3.8, 4) is 28.5 Å². The van der Waals surface area contributed by atoms with Gasteiger partial charge in [-0.2, -0.15) is 0 Å². The van der Waals surface area contributed by atoms with Crippen LogP contribution in [-0.4, -0.2) is 18.0 Å². The van der Waals surface area contributed by atoms with Gasteiger partial charge in [-0.15, -0.1) is 0 Å². The summed E-state index contributed by atoms with van der Waals surface area (Å²) >= 11 is 3.20. The number of nitrogens with one attached hydrogen (secondary N) is 1. The van der Waals surface area contributed by atoms with E-state index in [1.54, 1.807) is 43.6 Å². The van der Waals surface area contributed by atoms with Crippen LogP contribution >= 0.6 is 15.9 Å². The molecule has 0 atom stereocenters. The quantitative estimate of drug-likeness (QED) is 0.381. The zero-order chi connectivity index (χ0) is 21.1. The maximum Gasteiger partial charge on any atom is 0.256 e. The maximum atomic E-state index is 14.1. The molecule has 4 aromatic rings. The Hall–Kier alpha value is -3.45. The number of rotatable bonds is 5. The molecule has 3 aromatic carbocycles. The van der Waals surface area contributed by atoms with Crippen molar-refractivity contribution >= 4 is 27.5 Å². The molecule has 0 saturated carbocycles.